The molecule has 4 nitrogen and oxygen atoms in total. The Hall–Kier alpha value is -2.72. The van der Waals surface area contributed by atoms with Crippen molar-refractivity contribution >= 4 is 39.3 Å². The first-order chi connectivity index (χ1) is 13.7. The summed E-state index contributed by atoms with van der Waals surface area (Å²) in [6.07, 6.45) is 6.29. The van der Waals surface area contributed by atoms with Gasteiger partial charge in [-0.05, 0) is 61.1 Å². The number of rotatable bonds is 4. The first-order valence-corrected chi connectivity index (χ1v) is 10.2. The maximum atomic E-state index is 12.7. The summed E-state index contributed by atoms with van der Waals surface area (Å²) in [5, 5.41) is 6.37. The van der Waals surface area contributed by atoms with Crippen molar-refractivity contribution in [3.63, 3.8) is 0 Å². The molecule has 2 aromatic heterocycles. The lowest BCUT2D eigenvalue weighted by Crippen LogP contribution is -2.31. The van der Waals surface area contributed by atoms with Crippen LogP contribution in [0.5, 0.6) is 0 Å². The Kier molecular flexibility index (Phi) is 4.36. The molecule has 0 saturated carbocycles. The van der Waals surface area contributed by atoms with Gasteiger partial charge in [0.25, 0.3) is 0 Å². The van der Waals surface area contributed by atoms with Crippen LogP contribution in [0.25, 0.3) is 21.8 Å². The summed E-state index contributed by atoms with van der Waals surface area (Å²) in [5.74, 6) is 0.0971. The second-order valence-corrected chi connectivity index (χ2v) is 8.02. The minimum atomic E-state index is 0.0467. The number of nitrogens with one attached hydrogen (secondary N) is 3. The van der Waals surface area contributed by atoms with Gasteiger partial charge in [0, 0.05) is 45.1 Å². The van der Waals surface area contributed by atoms with Gasteiger partial charge in [0.1, 0.15) is 0 Å². The fourth-order valence-electron chi connectivity index (χ4n) is 4.43. The zero-order valence-electron chi connectivity index (χ0n) is 15.5. The van der Waals surface area contributed by atoms with Crippen LogP contribution in [0.3, 0.4) is 0 Å². The number of hydrogen-bond donors (Lipinski definition) is 3. The number of fused-ring (bicyclic) bond motifs is 4. The molecule has 0 fully saturated rings. The highest BCUT2D eigenvalue weighted by atomic mass is 35.5. The molecule has 2 heterocycles. The van der Waals surface area contributed by atoms with Crippen molar-refractivity contribution < 1.29 is 4.79 Å². The second-order valence-electron chi connectivity index (χ2n) is 7.58. The Bertz CT molecular complexity index is 1170. The van der Waals surface area contributed by atoms with Crippen LogP contribution in [0.2, 0.25) is 5.02 Å². The van der Waals surface area contributed by atoms with Crippen molar-refractivity contribution in [3.05, 3.63) is 70.5 Å². The highest BCUT2D eigenvalue weighted by molar-refractivity contribution is 6.31. The Morgan fingerprint density at radius 1 is 1.14 bits per heavy atom. The number of aryl methyl sites for hydroxylation is 2. The average molecular weight is 392 g/mol. The van der Waals surface area contributed by atoms with Crippen LogP contribution in [0.4, 0.5) is 0 Å². The maximum absolute atomic E-state index is 12.7. The van der Waals surface area contributed by atoms with Crippen LogP contribution in [0.15, 0.2) is 48.7 Å². The van der Waals surface area contributed by atoms with Crippen LogP contribution in [0.1, 0.15) is 42.1 Å². The van der Waals surface area contributed by atoms with Gasteiger partial charge in [-0.1, -0.05) is 29.8 Å². The molecule has 0 spiro atoms. The predicted molar refractivity (Wildman–Crippen MR) is 114 cm³/mol. The van der Waals surface area contributed by atoms with E-state index in [0.717, 1.165) is 47.4 Å². The van der Waals surface area contributed by atoms with Crippen molar-refractivity contribution in [2.45, 2.75) is 38.1 Å². The quantitative estimate of drug-likeness (QED) is 0.427. The smallest absolute Gasteiger partial charge is 0.220 e. The number of carbonyl (C=O) groups excluding carboxylic acids is 1. The van der Waals surface area contributed by atoms with E-state index in [1.807, 2.05) is 36.5 Å². The number of benzene rings is 2. The summed E-state index contributed by atoms with van der Waals surface area (Å²) >= 11 is 6.18. The molecule has 1 amide bonds. The predicted octanol–water partition coefficient (Wildman–Crippen LogP) is 5.43. The van der Waals surface area contributed by atoms with Crippen molar-refractivity contribution in [2.75, 3.05) is 0 Å². The summed E-state index contributed by atoms with van der Waals surface area (Å²) in [6, 6.07) is 14.2. The molecular weight excluding hydrogens is 370 g/mol. The second kappa shape index (κ2) is 7.02. The maximum Gasteiger partial charge on any atom is 0.220 e. The number of para-hydroxylation sites is 1. The molecule has 0 bridgehead atoms. The highest BCUT2D eigenvalue weighted by Gasteiger charge is 2.25. The van der Waals surface area contributed by atoms with Gasteiger partial charge >= 0.3 is 0 Å². The van der Waals surface area contributed by atoms with Gasteiger partial charge in [-0.2, -0.15) is 0 Å². The Balaban J connectivity index is 1.31. The lowest BCUT2D eigenvalue weighted by molar-refractivity contribution is -0.121. The molecule has 5 rings (SSSR count). The van der Waals surface area contributed by atoms with Gasteiger partial charge in [-0.25, -0.2) is 0 Å². The molecule has 4 aromatic rings. The third-order valence-corrected chi connectivity index (χ3v) is 6.04. The van der Waals surface area contributed by atoms with E-state index in [1.165, 1.54) is 21.9 Å². The van der Waals surface area contributed by atoms with E-state index in [1.54, 1.807) is 0 Å². The van der Waals surface area contributed by atoms with Crippen LogP contribution >= 0.6 is 11.6 Å². The summed E-state index contributed by atoms with van der Waals surface area (Å²) < 4.78 is 0. The summed E-state index contributed by atoms with van der Waals surface area (Å²) in [6.45, 7) is 0. The first-order valence-electron chi connectivity index (χ1n) is 9.83. The minimum Gasteiger partial charge on any atom is -0.361 e. The number of halogens is 1. The van der Waals surface area contributed by atoms with Crippen molar-refractivity contribution in [3.8, 4) is 0 Å². The molecule has 0 aliphatic heterocycles. The molecule has 3 N–H and O–H groups in total. The fourth-order valence-corrected chi connectivity index (χ4v) is 4.60. The molecule has 28 heavy (non-hydrogen) atoms. The van der Waals surface area contributed by atoms with Gasteiger partial charge in [0.05, 0.1) is 6.04 Å². The van der Waals surface area contributed by atoms with Gasteiger partial charge in [-0.15, -0.1) is 0 Å². The Morgan fingerprint density at radius 2 is 2.04 bits per heavy atom. The number of amides is 1. The van der Waals surface area contributed by atoms with Crippen molar-refractivity contribution in [1.82, 2.24) is 15.3 Å². The number of aromatic amines is 2. The summed E-state index contributed by atoms with van der Waals surface area (Å²) in [5.41, 5.74) is 5.84. The van der Waals surface area contributed by atoms with Crippen LogP contribution in [-0.2, 0) is 17.6 Å². The average Bonchev–Trinajstić information content (AvgIpc) is 3.28. The molecule has 0 unspecified atom stereocenters. The van der Waals surface area contributed by atoms with Crippen molar-refractivity contribution in [1.29, 1.82) is 0 Å². The molecule has 5 heteroatoms. The number of carbonyl (C=O) groups is 1. The largest absolute Gasteiger partial charge is 0.361 e. The molecule has 1 aliphatic carbocycles. The van der Waals surface area contributed by atoms with Crippen LogP contribution in [-0.4, -0.2) is 15.9 Å². The third-order valence-electron chi connectivity index (χ3n) is 5.80. The minimum absolute atomic E-state index is 0.0467. The lowest BCUT2D eigenvalue weighted by atomic mass is 9.91. The topological polar surface area (TPSA) is 60.7 Å². The number of H-pyrrole nitrogens is 2. The molecule has 2 aromatic carbocycles. The van der Waals surface area contributed by atoms with E-state index < -0.39 is 0 Å². The normalized spacial score (nSPS) is 16.4. The Labute approximate surface area is 168 Å². The molecule has 142 valence electrons. The van der Waals surface area contributed by atoms with Gasteiger partial charge in [0.15, 0.2) is 0 Å². The molecule has 0 saturated heterocycles. The van der Waals surface area contributed by atoms with E-state index in [4.69, 9.17) is 11.6 Å². The van der Waals surface area contributed by atoms with Crippen LogP contribution < -0.4 is 5.32 Å². The summed E-state index contributed by atoms with van der Waals surface area (Å²) in [7, 11) is 0. The van der Waals surface area contributed by atoms with E-state index >= 15 is 0 Å². The zero-order chi connectivity index (χ0) is 19.1. The van der Waals surface area contributed by atoms with Gasteiger partial charge in [0.2, 0.25) is 5.91 Å². The van der Waals surface area contributed by atoms with E-state index in [-0.39, 0.29) is 11.9 Å². The fraction of sp³-hybridized carbons (Fsp3) is 0.261. The Morgan fingerprint density at radius 3 is 2.96 bits per heavy atom. The van der Waals surface area contributed by atoms with Gasteiger partial charge in [-0.3, -0.25) is 4.79 Å². The van der Waals surface area contributed by atoms with E-state index in [0.29, 0.717) is 6.42 Å². The summed E-state index contributed by atoms with van der Waals surface area (Å²) in [4.78, 5) is 19.5. The standard InChI is InChI=1S/C23H22ClN3O/c24-15-9-10-20-18(12-15)17-5-3-7-21(23(17)27-20)26-22(28)11-8-14-13-25-19-6-2-1-4-16(14)19/h1-2,4,6,9-10,12-13,21,25,27H,3,5,7-8,11H2,(H,26,28)/t21-/m1/s1. The van der Waals surface area contributed by atoms with Gasteiger partial charge < -0.3 is 15.3 Å². The van der Waals surface area contributed by atoms with E-state index in [9.17, 15) is 4.79 Å². The monoisotopic (exact) mass is 391 g/mol. The molecule has 1 atom stereocenters. The molecule has 0 radical (unpaired) electrons. The lowest BCUT2D eigenvalue weighted by Gasteiger charge is -2.24. The SMILES string of the molecule is O=C(CCc1c[nH]c2ccccc12)N[C@@H]1CCCc2c1[nH]c1ccc(Cl)cc21. The first kappa shape index (κ1) is 17.4. The number of aromatic nitrogens is 2. The molecule has 1 aliphatic rings. The highest BCUT2D eigenvalue weighted by Crippen LogP contribution is 2.35. The number of hydrogen-bond acceptors (Lipinski definition) is 1. The van der Waals surface area contributed by atoms with E-state index in [2.05, 4.69) is 27.4 Å². The third kappa shape index (κ3) is 3.08. The zero-order valence-corrected chi connectivity index (χ0v) is 16.3. The van der Waals surface area contributed by atoms with Crippen LogP contribution in [0, 0.1) is 0 Å². The molecular formula is C23H22ClN3O. The van der Waals surface area contributed by atoms with Crippen molar-refractivity contribution in [2.24, 2.45) is 0 Å².